The van der Waals surface area contributed by atoms with E-state index in [0.717, 1.165) is 34.9 Å². The van der Waals surface area contributed by atoms with E-state index in [1.54, 1.807) is 0 Å². The van der Waals surface area contributed by atoms with Crippen molar-refractivity contribution in [1.82, 2.24) is 4.31 Å². The Hall–Kier alpha value is -2.46. The zero-order chi connectivity index (χ0) is 24.4. The molecule has 1 saturated carbocycles. The molecule has 0 amide bonds. The molecule has 0 radical (unpaired) electrons. The van der Waals surface area contributed by atoms with E-state index < -0.39 is 38.5 Å². The summed E-state index contributed by atoms with van der Waals surface area (Å²) in [4.78, 5) is 22.0. The van der Waals surface area contributed by atoms with Crippen LogP contribution in [0.2, 0.25) is 0 Å². The lowest BCUT2D eigenvalue weighted by Crippen LogP contribution is -2.39. The molecule has 6 nitrogen and oxygen atoms in total. The Morgan fingerprint density at radius 2 is 1.94 bits per heavy atom. The van der Waals surface area contributed by atoms with Crippen LogP contribution >= 0.6 is 0 Å². The van der Waals surface area contributed by atoms with E-state index in [2.05, 4.69) is 0 Å². The van der Waals surface area contributed by atoms with Gasteiger partial charge in [-0.05, 0) is 62.0 Å². The molecule has 0 heterocycles. The van der Waals surface area contributed by atoms with Crippen LogP contribution in [0.4, 0.5) is 13.2 Å². The third kappa shape index (κ3) is 5.38. The van der Waals surface area contributed by atoms with E-state index in [0.29, 0.717) is 56.3 Å². The summed E-state index contributed by atoms with van der Waals surface area (Å²) >= 11 is 0. The third-order valence-electron chi connectivity index (χ3n) is 6.02. The Bertz CT molecular complexity index is 1110. The number of hydrogen-bond donors (Lipinski definition) is 0. The van der Waals surface area contributed by atoms with Gasteiger partial charge >= 0.3 is 6.18 Å². The predicted octanol–water partition coefficient (Wildman–Crippen LogP) is 4.66. The SMILES string of the molecule is CC(=O)c1cc(C(F)(F)F)cc(S(=O)(=O)N(C)C2CCCCC3=C(OCC=O)CCC=C32)c1. The Labute approximate surface area is 191 Å². The van der Waals surface area contributed by atoms with Crippen molar-refractivity contribution in [2.45, 2.75) is 62.6 Å². The van der Waals surface area contributed by atoms with Crippen molar-refractivity contribution in [1.29, 1.82) is 0 Å². The second-order valence-electron chi connectivity index (χ2n) is 8.16. The first-order valence-corrected chi connectivity index (χ1v) is 12.1. The van der Waals surface area contributed by atoms with Gasteiger partial charge in [0.15, 0.2) is 12.1 Å². The number of ether oxygens (including phenoxy) is 1. The van der Waals surface area contributed by atoms with Gasteiger partial charge in [0.05, 0.1) is 10.5 Å². The number of ketones is 1. The molecule has 0 aliphatic heterocycles. The van der Waals surface area contributed by atoms with Gasteiger partial charge in [0.2, 0.25) is 10.0 Å². The minimum Gasteiger partial charge on any atom is -0.490 e. The van der Waals surface area contributed by atoms with E-state index in [-0.39, 0.29) is 12.2 Å². The quantitative estimate of drug-likeness (QED) is 0.415. The van der Waals surface area contributed by atoms with Gasteiger partial charge in [0, 0.05) is 25.1 Å². The normalized spacial score (nSPS) is 19.6. The molecule has 2 aliphatic carbocycles. The number of allylic oxidation sites excluding steroid dienone is 2. The second-order valence-corrected chi connectivity index (χ2v) is 10.2. The summed E-state index contributed by atoms with van der Waals surface area (Å²) in [7, 11) is -3.01. The topological polar surface area (TPSA) is 80.8 Å². The van der Waals surface area contributed by atoms with E-state index in [1.807, 2.05) is 6.08 Å². The van der Waals surface area contributed by atoms with Gasteiger partial charge in [0.25, 0.3) is 0 Å². The minimum atomic E-state index is -4.80. The zero-order valence-electron chi connectivity index (χ0n) is 18.4. The summed E-state index contributed by atoms with van der Waals surface area (Å²) in [6.45, 7) is 0.995. The summed E-state index contributed by atoms with van der Waals surface area (Å²) in [6.07, 6.45) is 1.67. The number of likely N-dealkylation sites (N-methyl/N-ethyl adjacent to an activating group) is 1. The van der Waals surface area contributed by atoms with Crippen LogP contribution in [-0.4, -0.2) is 44.5 Å². The van der Waals surface area contributed by atoms with Crippen LogP contribution in [0.1, 0.15) is 61.4 Å². The lowest BCUT2D eigenvalue weighted by Gasteiger charge is -2.32. The molecule has 1 aromatic rings. The lowest BCUT2D eigenvalue weighted by molar-refractivity contribution is -0.137. The highest BCUT2D eigenvalue weighted by molar-refractivity contribution is 7.89. The second kappa shape index (κ2) is 9.80. The molecule has 33 heavy (non-hydrogen) atoms. The molecule has 10 heteroatoms. The van der Waals surface area contributed by atoms with Crippen LogP contribution in [-0.2, 0) is 25.7 Å². The maximum atomic E-state index is 13.5. The lowest BCUT2D eigenvalue weighted by atomic mass is 9.89. The van der Waals surface area contributed by atoms with E-state index >= 15 is 0 Å². The van der Waals surface area contributed by atoms with Crippen molar-refractivity contribution in [3.63, 3.8) is 0 Å². The molecule has 0 saturated heterocycles. The number of hydrogen-bond acceptors (Lipinski definition) is 5. The molecule has 180 valence electrons. The third-order valence-corrected chi connectivity index (χ3v) is 7.86. The molecular weight excluding hydrogens is 459 g/mol. The van der Waals surface area contributed by atoms with Gasteiger partial charge < -0.3 is 4.74 Å². The maximum absolute atomic E-state index is 13.5. The first kappa shape index (κ1) is 25.2. The molecule has 1 unspecified atom stereocenters. The van der Waals surface area contributed by atoms with Crippen molar-refractivity contribution in [2.75, 3.05) is 13.7 Å². The summed E-state index contributed by atoms with van der Waals surface area (Å²) < 4.78 is 73.8. The molecule has 0 aromatic heterocycles. The summed E-state index contributed by atoms with van der Waals surface area (Å²) in [5.74, 6) is 0.00192. The smallest absolute Gasteiger partial charge is 0.416 e. The predicted molar refractivity (Wildman–Crippen MR) is 115 cm³/mol. The maximum Gasteiger partial charge on any atom is 0.416 e. The van der Waals surface area contributed by atoms with Crippen LogP contribution in [0.5, 0.6) is 0 Å². The molecule has 0 bridgehead atoms. The molecule has 1 aromatic carbocycles. The minimum absolute atomic E-state index is 0.0943. The van der Waals surface area contributed by atoms with Crippen molar-refractivity contribution in [3.05, 3.63) is 52.3 Å². The summed E-state index contributed by atoms with van der Waals surface area (Å²) in [5.41, 5.74) is 0.121. The molecule has 0 spiro atoms. The Morgan fingerprint density at radius 1 is 1.21 bits per heavy atom. The Balaban J connectivity index is 2.05. The monoisotopic (exact) mass is 485 g/mol. The number of sulfonamides is 1. The molecule has 3 rings (SSSR count). The number of alkyl halides is 3. The van der Waals surface area contributed by atoms with Gasteiger partial charge in [-0.1, -0.05) is 12.5 Å². The fraction of sp³-hybridized carbons (Fsp3) is 0.478. The van der Waals surface area contributed by atoms with Crippen LogP contribution in [0.15, 0.2) is 46.1 Å². The number of aldehydes is 1. The largest absolute Gasteiger partial charge is 0.490 e. The molecule has 0 N–H and O–H groups in total. The number of benzene rings is 1. The number of Topliss-reactive ketones (excluding diaryl/α,β-unsaturated/α-hetero) is 1. The number of nitrogens with zero attached hydrogens (tertiary/aromatic N) is 1. The van der Waals surface area contributed by atoms with Crippen molar-refractivity contribution in [3.8, 4) is 0 Å². The van der Waals surface area contributed by atoms with Crippen LogP contribution < -0.4 is 0 Å². The highest BCUT2D eigenvalue weighted by atomic mass is 32.2. The summed E-state index contributed by atoms with van der Waals surface area (Å²) in [5, 5.41) is 0. The summed E-state index contributed by atoms with van der Waals surface area (Å²) in [6, 6.07) is 1.62. The van der Waals surface area contributed by atoms with Gasteiger partial charge in [-0.15, -0.1) is 0 Å². The average Bonchev–Trinajstić information content (AvgIpc) is 2.99. The molecule has 1 fully saturated rings. The zero-order valence-corrected chi connectivity index (χ0v) is 19.3. The van der Waals surface area contributed by atoms with Crippen LogP contribution in [0.3, 0.4) is 0 Å². The highest BCUT2D eigenvalue weighted by Crippen LogP contribution is 2.39. The molecule has 2 aliphatic rings. The number of carbonyl (C=O) groups is 2. The molecule has 1 atom stereocenters. The van der Waals surface area contributed by atoms with Gasteiger partial charge in [-0.25, -0.2) is 8.42 Å². The fourth-order valence-electron chi connectivity index (χ4n) is 4.33. The molecular formula is C23H26F3NO5S. The van der Waals surface area contributed by atoms with E-state index in [4.69, 9.17) is 4.74 Å². The Morgan fingerprint density at radius 3 is 2.58 bits per heavy atom. The van der Waals surface area contributed by atoms with Crippen molar-refractivity contribution < 1.29 is 35.9 Å². The Kier molecular flexibility index (Phi) is 7.48. The number of fused-ring (bicyclic) bond motifs is 1. The van der Waals surface area contributed by atoms with Gasteiger partial charge in [0.1, 0.15) is 12.4 Å². The van der Waals surface area contributed by atoms with Gasteiger partial charge in [-0.3, -0.25) is 9.59 Å². The number of halogens is 3. The van der Waals surface area contributed by atoms with E-state index in [1.165, 1.54) is 7.05 Å². The van der Waals surface area contributed by atoms with Gasteiger partial charge in [-0.2, -0.15) is 17.5 Å². The van der Waals surface area contributed by atoms with Crippen molar-refractivity contribution in [2.24, 2.45) is 0 Å². The number of rotatable bonds is 7. The van der Waals surface area contributed by atoms with Crippen LogP contribution in [0, 0.1) is 0 Å². The van der Waals surface area contributed by atoms with Crippen LogP contribution in [0.25, 0.3) is 0 Å². The highest BCUT2D eigenvalue weighted by Gasteiger charge is 2.37. The average molecular weight is 486 g/mol. The van der Waals surface area contributed by atoms with E-state index in [9.17, 15) is 31.2 Å². The fourth-order valence-corrected chi connectivity index (χ4v) is 5.77. The number of carbonyl (C=O) groups excluding carboxylic acids is 2. The standard InChI is InChI=1S/C23H26F3NO5S/c1-15(29)16-12-17(23(24,25)26)14-18(13-16)33(30,31)27(2)21-8-4-3-6-20-19(21)7-5-9-22(20)32-11-10-28/h7,10,12-14,21H,3-6,8-9,11H2,1-2H3. The van der Waals surface area contributed by atoms with Crippen molar-refractivity contribution >= 4 is 22.1 Å². The first-order valence-electron chi connectivity index (χ1n) is 10.7. The first-order chi connectivity index (χ1) is 15.5.